The first-order valence-electron chi connectivity index (χ1n) is 3.67. The predicted octanol–water partition coefficient (Wildman–Crippen LogP) is 3.01. The molecule has 0 aliphatic rings. The van der Waals surface area contributed by atoms with E-state index in [9.17, 15) is 0 Å². The minimum absolute atomic E-state index is 0.608. The molecule has 2 aromatic rings. The molecule has 2 N–H and O–H groups in total. The van der Waals surface area contributed by atoms with Crippen molar-refractivity contribution in [1.82, 2.24) is 0 Å². The van der Waals surface area contributed by atoms with Gasteiger partial charge in [-0.15, -0.1) is 11.3 Å². The molecule has 12 heavy (non-hydrogen) atoms. The molecule has 0 saturated heterocycles. The lowest BCUT2D eigenvalue weighted by Gasteiger charge is -1.88. The van der Waals surface area contributed by atoms with Gasteiger partial charge in [-0.2, -0.15) is 0 Å². The number of fused-ring (bicyclic) bond motifs is 1. The quantitative estimate of drug-likeness (QED) is 0.748. The number of rotatable bonds is 1. The summed E-state index contributed by atoms with van der Waals surface area (Å²) in [6.07, 6.45) is 0. The Hall–Kier alpha value is -0.570. The van der Waals surface area contributed by atoms with E-state index in [-0.39, 0.29) is 0 Å². The second-order valence-electron chi connectivity index (χ2n) is 2.60. The fourth-order valence-corrected chi connectivity index (χ4v) is 2.27. The van der Waals surface area contributed by atoms with Crippen molar-refractivity contribution < 1.29 is 0 Å². The Bertz CT molecular complexity index is 408. The van der Waals surface area contributed by atoms with Gasteiger partial charge in [0.25, 0.3) is 0 Å². The highest BCUT2D eigenvalue weighted by atomic mass is 35.5. The van der Waals surface area contributed by atoms with E-state index >= 15 is 0 Å². The van der Waals surface area contributed by atoms with Crippen molar-refractivity contribution in [2.24, 2.45) is 5.73 Å². The largest absolute Gasteiger partial charge is 0.326 e. The number of hydrogen-bond donors (Lipinski definition) is 1. The second-order valence-corrected chi connectivity index (χ2v) is 4.20. The van der Waals surface area contributed by atoms with Crippen LogP contribution in [0, 0.1) is 0 Å². The molecule has 0 radical (unpaired) electrons. The van der Waals surface area contributed by atoms with Gasteiger partial charge in [0.2, 0.25) is 0 Å². The van der Waals surface area contributed by atoms with Gasteiger partial charge < -0.3 is 5.73 Å². The topological polar surface area (TPSA) is 26.0 Å². The van der Waals surface area contributed by atoms with Crippen LogP contribution in [-0.4, -0.2) is 0 Å². The third kappa shape index (κ3) is 1.33. The van der Waals surface area contributed by atoms with E-state index in [1.54, 1.807) is 11.3 Å². The first-order valence-corrected chi connectivity index (χ1v) is 4.87. The second kappa shape index (κ2) is 3.05. The minimum Gasteiger partial charge on any atom is -0.326 e. The molecule has 0 fully saturated rings. The van der Waals surface area contributed by atoms with Gasteiger partial charge in [0.05, 0.1) is 0 Å². The molecule has 1 aromatic carbocycles. The highest BCUT2D eigenvalue weighted by Crippen LogP contribution is 2.27. The van der Waals surface area contributed by atoms with E-state index in [2.05, 4.69) is 6.07 Å². The summed E-state index contributed by atoms with van der Waals surface area (Å²) >= 11 is 7.57. The number of nitrogens with two attached hydrogens (primary N) is 1. The maximum atomic E-state index is 5.84. The number of halogens is 1. The van der Waals surface area contributed by atoms with Crippen molar-refractivity contribution in [3.8, 4) is 0 Å². The maximum Gasteiger partial charge on any atom is 0.0412 e. The first-order chi connectivity index (χ1) is 5.79. The van der Waals surface area contributed by atoms with Gasteiger partial charge in [0, 0.05) is 21.1 Å². The van der Waals surface area contributed by atoms with Gasteiger partial charge in [0.15, 0.2) is 0 Å². The molecule has 0 aliphatic carbocycles. The van der Waals surface area contributed by atoms with Crippen LogP contribution in [0.25, 0.3) is 10.1 Å². The predicted molar refractivity (Wildman–Crippen MR) is 54.7 cm³/mol. The van der Waals surface area contributed by atoms with E-state index in [0.717, 1.165) is 5.02 Å². The molecule has 1 aromatic heterocycles. The molecular weight excluding hydrogens is 190 g/mol. The van der Waals surface area contributed by atoms with Crippen molar-refractivity contribution in [3.63, 3.8) is 0 Å². The number of benzene rings is 1. The van der Waals surface area contributed by atoms with Gasteiger partial charge in [0.1, 0.15) is 0 Å². The zero-order valence-corrected chi connectivity index (χ0v) is 7.95. The Balaban J connectivity index is 2.67. The van der Waals surface area contributed by atoms with E-state index in [1.807, 2.05) is 18.2 Å². The molecule has 0 aliphatic heterocycles. The maximum absolute atomic E-state index is 5.84. The lowest BCUT2D eigenvalue weighted by Crippen LogP contribution is -1.90. The molecule has 0 bridgehead atoms. The van der Waals surface area contributed by atoms with Crippen molar-refractivity contribution in [2.75, 3.05) is 0 Å². The molecule has 0 amide bonds. The lowest BCUT2D eigenvalue weighted by molar-refractivity contribution is 1.11. The third-order valence-corrected chi connectivity index (χ3v) is 3.10. The van der Waals surface area contributed by atoms with Crippen LogP contribution in [0.2, 0.25) is 5.02 Å². The molecule has 0 unspecified atom stereocenters. The Kier molecular flexibility index (Phi) is 2.05. The summed E-state index contributed by atoms with van der Waals surface area (Å²) in [5.74, 6) is 0. The average Bonchev–Trinajstić information content (AvgIpc) is 2.46. The minimum atomic E-state index is 0.608. The van der Waals surface area contributed by atoms with Crippen LogP contribution in [0.4, 0.5) is 0 Å². The molecule has 2 rings (SSSR count). The van der Waals surface area contributed by atoms with Crippen LogP contribution in [0.3, 0.4) is 0 Å². The third-order valence-electron chi connectivity index (χ3n) is 1.73. The summed E-state index contributed by atoms with van der Waals surface area (Å²) in [5.41, 5.74) is 5.53. The Labute approximate surface area is 79.8 Å². The Morgan fingerprint density at radius 1 is 1.33 bits per heavy atom. The average molecular weight is 198 g/mol. The monoisotopic (exact) mass is 197 g/mol. The lowest BCUT2D eigenvalue weighted by atomic mass is 10.2. The Morgan fingerprint density at radius 3 is 2.92 bits per heavy atom. The molecule has 0 spiro atoms. The molecule has 0 saturated carbocycles. The highest BCUT2D eigenvalue weighted by molar-refractivity contribution is 7.19. The van der Waals surface area contributed by atoms with Gasteiger partial charge in [-0.05, 0) is 29.7 Å². The molecule has 0 atom stereocenters. The molecule has 1 nitrogen and oxygen atoms in total. The van der Waals surface area contributed by atoms with Crippen molar-refractivity contribution in [3.05, 3.63) is 34.2 Å². The van der Waals surface area contributed by atoms with E-state index in [0.29, 0.717) is 6.54 Å². The van der Waals surface area contributed by atoms with E-state index in [1.165, 1.54) is 15.0 Å². The fraction of sp³-hybridized carbons (Fsp3) is 0.111. The van der Waals surface area contributed by atoms with E-state index < -0.39 is 0 Å². The summed E-state index contributed by atoms with van der Waals surface area (Å²) in [5, 5.41) is 1.97. The normalized spacial score (nSPS) is 10.8. The number of hydrogen-bond acceptors (Lipinski definition) is 2. The van der Waals surface area contributed by atoms with Gasteiger partial charge in [-0.3, -0.25) is 0 Å². The highest BCUT2D eigenvalue weighted by Gasteiger charge is 1.99. The summed E-state index contributed by atoms with van der Waals surface area (Å²) in [6, 6.07) is 7.99. The van der Waals surface area contributed by atoms with Crippen molar-refractivity contribution in [1.29, 1.82) is 0 Å². The Morgan fingerprint density at radius 2 is 2.17 bits per heavy atom. The van der Waals surface area contributed by atoms with Gasteiger partial charge in [-0.1, -0.05) is 11.6 Å². The smallest absolute Gasteiger partial charge is 0.0412 e. The molecule has 62 valence electrons. The van der Waals surface area contributed by atoms with Crippen molar-refractivity contribution >= 4 is 33.0 Å². The summed E-state index contributed by atoms with van der Waals surface area (Å²) in [7, 11) is 0. The first kappa shape index (κ1) is 8.05. The van der Waals surface area contributed by atoms with Crippen LogP contribution in [-0.2, 0) is 6.54 Å². The zero-order valence-electron chi connectivity index (χ0n) is 6.38. The SMILES string of the molecule is NCc1cc2cc(Cl)ccc2s1. The standard InChI is InChI=1S/C9H8ClNS/c10-7-1-2-9-6(3-7)4-8(5-11)12-9/h1-4H,5,11H2. The zero-order chi connectivity index (χ0) is 8.55. The van der Waals surface area contributed by atoms with Crippen LogP contribution in [0.1, 0.15) is 4.88 Å². The molecular formula is C9H8ClNS. The van der Waals surface area contributed by atoms with Gasteiger partial charge >= 0.3 is 0 Å². The van der Waals surface area contributed by atoms with Crippen molar-refractivity contribution in [2.45, 2.75) is 6.54 Å². The summed E-state index contributed by atoms with van der Waals surface area (Å²) in [6.45, 7) is 0.608. The van der Waals surface area contributed by atoms with Gasteiger partial charge in [-0.25, -0.2) is 0 Å². The molecule has 1 heterocycles. The summed E-state index contributed by atoms with van der Waals surface area (Å²) < 4.78 is 1.25. The van der Waals surface area contributed by atoms with Crippen LogP contribution in [0.15, 0.2) is 24.3 Å². The summed E-state index contributed by atoms with van der Waals surface area (Å²) in [4.78, 5) is 1.20. The van der Waals surface area contributed by atoms with Crippen LogP contribution in [0.5, 0.6) is 0 Å². The van der Waals surface area contributed by atoms with Crippen LogP contribution >= 0.6 is 22.9 Å². The molecule has 3 heteroatoms. The van der Waals surface area contributed by atoms with Crippen LogP contribution < -0.4 is 5.73 Å². The fourth-order valence-electron chi connectivity index (χ4n) is 1.17. The number of thiophene rings is 1. The van der Waals surface area contributed by atoms with E-state index in [4.69, 9.17) is 17.3 Å².